The molecule has 1 aromatic heterocycles. The molecule has 1 aliphatic rings. The highest BCUT2D eigenvalue weighted by atomic mass is 16.3. The van der Waals surface area contributed by atoms with Crippen LogP contribution in [-0.2, 0) is 25.8 Å². The molecule has 7 aromatic rings. The van der Waals surface area contributed by atoms with Gasteiger partial charge in [0.15, 0.2) is 0 Å². The minimum absolute atomic E-state index is 0.363. The lowest BCUT2D eigenvalue weighted by Crippen LogP contribution is -2.20. The van der Waals surface area contributed by atoms with Crippen LogP contribution in [0.4, 0.5) is 0 Å². The molecule has 8 rings (SSSR count). The molecule has 2 unspecified atom stereocenters. The summed E-state index contributed by atoms with van der Waals surface area (Å²) >= 11 is 0. The Labute approximate surface area is 320 Å². The molecule has 0 saturated heterocycles. The fourth-order valence-corrected chi connectivity index (χ4v) is 9.01. The highest BCUT2D eigenvalue weighted by Gasteiger charge is 2.24. The first-order chi connectivity index (χ1) is 26.5. The third kappa shape index (κ3) is 7.28. The van der Waals surface area contributed by atoms with Crippen molar-refractivity contribution < 1.29 is 10.2 Å². The van der Waals surface area contributed by atoms with Crippen molar-refractivity contribution in [1.29, 1.82) is 0 Å². The van der Waals surface area contributed by atoms with Gasteiger partial charge in [-0.1, -0.05) is 129 Å². The van der Waals surface area contributed by atoms with E-state index in [2.05, 4.69) is 151 Å². The molecule has 0 saturated carbocycles. The predicted molar refractivity (Wildman–Crippen MR) is 225 cm³/mol. The van der Waals surface area contributed by atoms with Crippen molar-refractivity contribution in [3.8, 4) is 28.3 Å². The molecule has 4 heteroatoms. The highest BCUT2D eigenvalue weighted by Crippen LogP contribution is 2.41. The van der Waals surface area contributed by atoms with Crippen molar-refractivity contribution in [2.75, 3.05) is 13.6 Å². The van der Waals surface area contributed by atoms with Gasteiger partial charge in [0.25, 0.3) is 0 Å². The molecular formula is C50H52N2O2. The van der Waals surface area contributed by atoms with Crippen LogP contribution < -0.4 is 0 Å². The molecule has 0 aliphatic heterocycles. The SMILES string of the molecule is CC(CCCc1cccc(-n2c3ccccc3c3ccccc32)c1O)CCCN(C)Cc1cccc(CC2CCc3ccccc3-c3ccccc32)c1O. The van der Waals surface area contributed by atoms with Crippen LogP contribution in [0, 0.1) is 5.92 Å². The number of aromatic hydroxyl groups is 2. The van der Waals surface area contributed by atoms with Gasteiger partial charge in [0, 0.05) is 22.9 Å². The van der Waals surface area contributed by atoms with Crippen LogP contribution in [0.25, 0.3) is 38.6 Å². The van der Waals surface area contributed by atoms with Gasteiger partial charge in [-0.2, -0.15) is 0 Å². The molecule has 274 valence electrons. The molecule has 0 fully saturated rings. The lowest BCUT2D eigenvalue weighted by Gasteiger charge is -2.22. The molecule has 0 radical (unpaired) electrons. The lowest BCUT2D eigenvalue weighted by atomic mass is 9.86. The Kier molecular flexibility index (Phi) is 10.6. The summed E-state index contributed by atoms with van der Waals surface area (Å²) in [5.41, 5.74) is 11.6. The minimum Gasteiger partial charge on any atom is -0.507 e. The maximum atomic E-state index is 11.5. The van der Waals surface area contributed by atoms with Crippen molar-refractivity contribution in [3.63, 3.8) is 0 Å². The average molecular weight is 713 g/mol. The quantitative estimate of drug-likeness (QED) is 0.125. The Hall–Kier alpha value is -5.32. The van der Waals surface area contributed by atoms with E-state index in [1.54, 1.807) is 0 Å². The van der Waals surface area contributed by atoms with Crippen molar-refractivity contribution >= 4 is 21.8 Å². The number of nitrogens with zero attached hydrogens (tertiary/aromatic N) is 2. The summed E-state index contributed by atoms with van der Waals surface area (Å²) in [5.74, 6) is 1.81. The van der Waals surface area contributed by atoms with Gasteiger partial charge >= 0.3 is 0 Å². The van der Waals surface area contributed by atoms with E-state index in [1.807, 2.05) is 6.07 Å². The van der Waals surface area contributed by atoms with Crippen LogP contribution in [0.2, 0.25) is 0 Å². The van der Waals surface area contributed by atoms with Gasteiger partial charge < -0.3 is 19.7 Å². The zero-order valence-corrected chi connectivity index (χ0v) is 31.7. The van der Waals surface area contributed by atoms with Crippen molar-refractivity contribution in [2.24, 2.45) is 5.92 Å². The van der Waals surface area contributed by atoms with Gasteiger partial charge in [-0.25, -0.2) is 0 Å². The first-order valence-corrected chi connectivity index (χ1v) is 19.9. The molecule has 2 atom stereocenters. The number of hydrogen-bond acceptors (Lipinski definition) is 3. The molecule has 2 N–H and O–H groups in total. The standard InChI is InChI=1S/C50H52N2O2/c1-35(15-11-18-37-19-13-29-48(50(37)54)52-46-27-9-7-25-44(46)45-26-8-10-28-47(45)52)16-14-32-51(2)34-40-21-12-20-39(49(40)53)33-38-31-30-36-17-3-4-22-41(36)43-24-6-5-23-42(38)43/h3-10,12-13,17,19-29,35,38,53-54H,11,14-16,18,30-34H2,1-2H3. The molecule has 1 heterocycles. The third-order valence-electron chi connectivity index (χ3n) is 11.9. The average Bonchev–Trinajstić information content (AvgIpc) is 3.44. The van der Waals surface area contributed by atoms with Crippen molar-refractivity contribution in [3.05, 3.63) is 161 Å². The van der Waals surface area contributed by atoms with E-state index in [0.717, 1.165) is 97.9 Å². The number of fused-ring (bicyclic) bond motifs is 6. The number of rotatable bonds is 13. The van der Waals surface area contributed by atoms with E-state index in [9.17, 15) is 10.2 Å². The van der Waals surface area contributed by atoms with Gasteiger partial charge in [-0.3, -0.25) is 0 Å². The zero-order valence-electron chi connectivity index (χ0n) is 31.7. The number of hydrogen-bond donors (Lipinski definition) is 2. The van der Waals surface area contributed by atoms with Gasteiger partial charge in [-0.05, 0) is 122 Å². The lowest BCUT2D eigenvalue weighted by molar-refractivity contribution is 0.299. The van der Waals surface area contributed by atoms with Crippen LogP contribution >= 0.6 is 0 Å². The normalized spacial score (nSPS) is 14.6. The van der Waals surface area contributed by atoms with Crippen LogP contribution in [0.5, 0.6) is 11.5 Å². The van der Waals surface area contributed by atoms with E-state index in [4.69, 9.17) is 0 Å². The number of benzene rings is 6. The van der Waals surface area contributed by atoms with Gasteiger partial charge in [0.05, 0.1) is 16.7 Å². The number of phenols is 2. The van der Waals surface area contributed by atoms with Gasteiger partial charge in [0.2, 0.25) is 0 Å². The predicted octanol–water partition coefficient (Wildman–Crippen LogP) is 12.0. The molecule has 0 bridgehead atoms. The second-order valence-electron chi connectivity index (χ2n) is 15.6. The third-order valence-corrected chi connectivity index (χ3v) is 11.9. The van der Waals surface area contributed by atoms with Crippen LogP contribution in [0.1, 0.15) is 72.8 Å². The summed E-state index contributed by atoms with van der Waals surface area (Å²) in [5, 5.41) is 25.4. The van der Waals surface area contributed by atoms with E-state index in [1.165, 1.54) is 33.0 Å². The molecule has 0 spiro atoms. The molecule has 4 nitrogen and oxygen atoms in total. The largest absolute Gasteiger partial charge is 0.507 e. The smallest absolute Gasteiger partial charge is 0.142 e. The summed E-state index contributed by atoms with van der Waals surface area (Å²) in [6.07, 6.45) is 8.27. The number of para-hydroxylation sites is 4. The van der Waals surface area contributed by atoms with E-state index >= 15 is 0 Å². The molecule has 6 aromatic carbocycles. The summed E-state index contributed by atoms with van der Waals surface area (Å²) in [7, 11) is 2.17. The maximum absolute atomic E-state index is 11.5. The van der Waals surface area contributed by atoms with Gasteiger partial charge in [-0.15, -0.1) is 0 Å². The Bertz CT molecular complexity index is 2340. The summed E-state index contributed by atoms with van der Waals surface area (Å²) in [6, 6.07) is 47.0. The highest BCUT2D eigenvalue weighted by molar-refractivity contribution is 6.09. The van der Waals surface area contributed by atoms with Crippen LogP contribution in [0.15, 0.2) is 133 Å². The Balaban J connectivity index is 0.840. The zero-order chi connectivity index (χ0) is 37.0. The fraction of sp³-hybridized carbons (Fsp3) is 0.280. The van der Waals surface area contributed by atoms with Crippen LogP contribution in [-0.4, -0.2) is 33.3 Å². The Morgan fingerprint density at radius 2 is 1.28 bits per heavy atom. The second-order valence-corrected chi connectivity index (χ2v) is 15.6. The number of aromatic nitrogens is 1. The molecule has 0 amide bonds. The maximum Gasteiger partial charge on any atom is 0.142 e. The molecular weight excluding hydrogens is 661 g/mol. The summed E-state index contributed by atoms with van der Waals surface area (Å²) in [4.78, 5) is 2.35. The topological polar surface area (TPSA) is 48.6 Å². The van der Waals surface area contributed by atoms with Crippen molar-refractivity contribution in [2.45, 2.75) is 70.8 Å². The summed E-state index contributed by atoms with van der Waals surface area (Å²) in [6.45, 7) is 4.08. The Morgan fingerprint density at radius 1 is 0.648 bits per heavy atom. The monoisotopic (exact) mass is 712 g/mol. The number of aryl methyl sites for hydroxylation is 2. The first kappa shape index (κ1) is 35.7. The van der Waals surface area contributed by atoms with Crippen molar-refractivity contribution in [1.82, 2.24) is 9.47 Å². The first-order valence-electron chi connectivity index (χ1n) is 19.9. The minimum atomic E-state index is 0.363. The van der Waals surface area contributed by atoms with E-state index in [-0.39, 0.29) is 0 Å². The van der Waals surface area contributed by atoms with Crippen LogP contribution in [0.3, 0.4) is 0 Å². The molecule has 54 heavy (non-hydrogen) atoms. The molecule has 1 aliphatic carbocycles. The second kappa shape index (κ2) is 16.0. The van der Waals surface area contributed by atoms with E-state index < -0.39 is 0 Å². The fourth-order valence-electron chi connectivity index (χ4n) is 9.01. The van der Waals surface area contributed by atoms with Gasteiger partial charge in [0.1, 0.15) is 11.5 Å². The number of phenolic OH excluding ortho intramolecular Hbond substituents is 2. The summed E-state index contributed by atoms with van der Waals surface area (Å²) < 4.78 is 2.20. The van der Waals surface area contributed by atoms with E-state index in [0.29, 0.717) is 23.3 Å². The Morgan fingerprint density at radius 3 is 2.07 bits per heavy atom.